The van der Waals surface area contributed by atoms with Gasteiger partial charge in [0.05, 0.1) is 36.9 Å². The van der Waals surface area contributed by atoms with Crippen LogP contribution in [0.25, 0.3) is 67.8 Å². The first-order valence-electron chi connectivity index (χ1n) is 19.7. The quantitative estimate of drug-likeness (QED) is 0.0908. The van der Waals surface area contributed by atoms with E-state index in [1.807, 2.05) is 169 Å². The summed E-state index contributed by atoms with van der Waals surface area (Å²) in [5.41, 5.74) is 9.00. The number of halogens is 4. The molecule has 0 atom stereocenters. The van der Waals surface area contributed by atoms with Gasteiger partial charge in [0.15, 0.2) is 0 Å². The third-order valence-electron chi connectivity index (χ3n) is 9.77. The monoisotopic (exact) mass is 1030 g/mol. The molecule has 0 amide bonds. The maximum Gasteiger partial charge on any atom is 0.242 e. The molecule has 0 spiro atoms. The van der Waals surface area contributed by atoms with E-state index in [-0.39, 0.29) is 31.5 Å². The predicted octanol–water partition coefficient (Wildman–Crippen LogP) is 10.1. The molecule has 0 bridgehead atoms. The summed E-state index contributed by atoms with van der Waals surface area (Å²) in [6.07, 6.45) is 9.65. The Morgan fingerprint density at radius 1 is 0.500 bits per heavy atom. The zero-order chi connectivity index (χ0) is 43.7. The van der Waals surface area contributed by atoms with Crippen LogP contribution in [0.3, 0.4) is 0 Å². The van der Waals surface area contributed by atoms with Crippen molar-refractivity contribution in [3.63, 3.8) is 0 Å². The third-order valence-corrected chi connectivity index (χ3v) is 9.77. The summed E-state index contributed by atoms with van der Waals surface area (Å²) >= 11 is 0. The number of aromatic nitrogens is 7. The summed E-state index contributed by atoms with van der Waals surface area (Å²) < 4.78 is 62.4. The Hall–Kier alpha value is -7.53. The molecule has 7 nitrogen and oxygen atoms in total. The van der Waals surface area contributed by atoms with Gasteiger partial charge in [-0.25, -0.2) is 0 Å². The van der Waals surface area contributed by atoms with Gasteiger partial charge in [0.25, 0.3) is 0 Å². The van der Waals surface area contributed by atoms with Crippen LogP contribution in [0.15, 0.2) is 182 Å². The molecule has 0 aliphatic rings. The van der Waals surface area contributed by atoms with Crippen molar-refractivity contribution in [2.75, 3.05) is 0 Å². The Balaban J connectivity index is 0.000000153. The Labute approximate surface area is 381 Å². The summed E-state index contributed by atoms with van der Waals surface area (Å²) in [6, 6.07) is 55.9. The normalized spacial score (nSPS) is 10.5. The van der Waals surface area contributed by atoms with Crippen LogP contribution in [0.2, 0.25) is 0 Å². The van der Waals surface area contributed by atoms with E-state index in [1.165, 1.54) is 0 Å². The number of pyridine rings is 1. The fourth-order valence-corrected chi connectivity index (χ4v) is 7.03. The molecule has 0 unspecified atom stereocenters. The van der Waals surface area contributed by atoms with Crippen molar-refractivity contribution in [2.45, 2.75) is 0 Å². The van der Waals surface area contributed by atoms with E-state index in [9.17, 15) is 17.6 Å². The average Bonchev–Trinajstić information content (AvgIpc) is 4.06. The first kappa shape index (κ1) is 44.5. The van der Waals surface area contributed by atoms with E-state index in [0.29, 0.717) is 0 Å². The van der Waals surface area contributed by atoms with Gasteiger partial charge in [-0.1, -0.05) is 139 Å². The van der Waals surface area contributed by atoms with Gasteiger partial charge in [0.1, 0.15) is 0 Å². The van der Waals surface area contributed by atoms with E-state index < -0.39 is 23.3 Å². The Bertz CT molecular complexity index is 2880. The van der Waals surface area contributed by atoms with Crippen molar-refractivity contribution in [1.82, 2.24) is 24.3 Å². The first-order chi connectivity index (χ1) is 30.8. The molecular formula is C52H36F4IrN7-3. The first-order valence-corrected chi connectivity index (χ1v) is 19.7. The largest absolute Gasteiger partial charge is 0.574 e. The van der Waals surface area contributed by atoms with Crippen LogP contribution in [-0.2, 0) is 34.2 Å². The molecule has 6 aromatic carbocycles. The molecule has 64 heavy (non-hydrogen) atoms. The molecule has 0 N–H and O–H groups in total. The van der Waals surface area contributed by atoms with Crippen LogP contribution in [-0.4, -0.2) is 19.2 Å². The van der Waals surface area contributed by atoms with Crippen LogP contribution in [0.5, 0.6) is 0 Å². The van der Waals surface area contributed by atoms with Crippen molar-refractivity contribution in [1.29, 1.82) is 0 Å². The number of imidazole rings is 2. The van der Waals surface area contributed by atoms with Crippen LogP contribution >= 0.6 is 0 Å². The summed E-state index contributed by atoms with van der Waals surface area (Å²) in [5.74, 6) is -2.69. The molecule has 10 rings (SSSR count). The molecule has 4 heterocycles. The third kappa shape index (κ3) is 9.89. The van der Waals surface area contributed by atoms with Crippen molar-refractivity contribution < 1.29 is 46.8 Å². The molecular weight excluding hydrogens is 991 g/mol. The van der Waals surface area contributed by atoms with Gasteiger partial charge in [-0.3, -0.25) is 22.5 Å². The minimum Gasteiger partial charge on any atom is -0.574 e. The van der Waals surface area contributed by atoms with Crippen molar-refractivity contribution in [3.05, 3.63) is 230 Å². The van der Waals surface area contributed by atoms with E-state index in [4.69, 9.17) is 0 Å². The molecule has 0 saturated carbocycles. The van der Waals surface area contributed by atoms with E-state index >= 15 is 0 Å². The molecule has 0 aliphatic carbocycles. The standard InChI is InChI=1S/2C22H15F2N2.C8H6N3.Ir/c2*1-25-15-26(20-13-12-18(23)14-19(20)24)22(17-10-6-3-7-11-17)21(25)16-8-4-2-5-9-16;1-2-5-9-7(3-1)8-4-6-10-11-8;/h2*2-12,14H,1H3;1-6H;/q3*-1;. The zero-order valence-corrected chi connectivity index (χ0v) is 36.7. The second-order valence-corrected chi connectivity index (χ2v) is 14.0. The fraction of sp³-hybridized carbons (Fsp3) is 0.0385. The van der Waals surface area contributed by atoms with Crippen molar-refractivity contribution in [3.8, 4) is 67.8 Å². The fourth-order valence-electron chi connectivity index (χ4n) is 7.03. The van der Waals surface area contributed by atoms with Gasteiger partial charge in [-0.05, 0) is 45.8 Å². The van der Waals surface area contributed by atoms with E-state index in [2.05, 4.69) is 40.0 Å². The van der Waals surface area contributed by atoms with Crippen LogP contribution in [0, 0.1) is 48.1 Å². The van der Waals surface area contributed by atoms with E-state index in [1.54, 1.807) is 21.5 Å². The van der Waals surface area contributed by atoms with Gasteiger partial charge in [-0.15, -0.1) is 24.3 Å². The van der Waals surface area contributed by atoms with Crippen LogP contribution in [0.4, 0.5) is 17.6 Å². The SMILES string of the molecule is C[n+]1[c-]n(-c2[c-]cc(F)cc2F)c(-c2ccccc2)c1-c1ccccc1.C[n+]1[c-]n(-c2[c-]cc(F)cc2F)c(-c2ccccc2)c1-c1ccccc1.[Ir].c1ccc(-c2ccn[n-]2)nc1. The number of aryl methyl sites for hydroxylation is 2. The molecule has 4 aromatic heterocycles. The number of nitrogens with zero attached hydrogens (tertiary/aromatic N) is 7. The number of hydrogen-bond acceptors (Lipinski definition) is 2. The van der Waals surface area contributed by atoms with Gasteiger partial charge in [-0.2, -0.15) is 12.1 Å². The molecule has 0 saturated heterocycles. The second kappa shape index (κ2) is 20.6. The number of benzene rings is 6. The molecule has 10 aromatic rings. The van der Waals surface area contributed by atoms with E-state index in [0.717, 1.165) is 80.7 Å². The van der Waals surface area contributed by atoms with Gasteiger partial charge in [0.2, 0.25) is 12.7 Å². The van der Waals surface area contributed by atoms with Gasteiger partial charge in [0, 0.05) is 61.5 Å². The second-order valence-electron chi connectivity index (χ2n) is 14.0. The Kier molecular flexibility index (Phi) is 14.3. The maximum atomic E-state index is 14.5. The van der Waals surface area contributed by atoms with Crippen molar-refractivity contribution in [2.24, 2.45) is 14.1 Å². The van der Waals surface area contributed by atoms with Crippen molar-refractivity contribution >= 4 is 0 Å². The number of hydrogen-bond donors (Lipinski definition) is 0. The van der Waals surface area contributed by atoms with Crippen LogP contribution < -0.4 is 14.2 Å². The van der Waals surface area contributed by atoms with Gasteiger partial charge >= 0.3 is 0 Å². The van der Waals surface area contributed by atoms with Crippen LogP contribution in [0.1, 0.15) is 0 Å². The average molecular weight is 1030 g/mol. The minimum atomic E-state index is -0.686. The molecule has 1 radical (unpaired) electrons. The smallest absolute Gasteiger partial charge is 0.242 e. The zero-order valence-electron chi connectivity index (χ0n) is 34.3. The summed E-state index contributed by atoms with van der Waals surface area (Å²) in [6.45, 7) is 0. The summed E-state index contributed by atoms with van der Waals surface area (Å²) in [4.78, 5) is 4.12. The number of rotatable bonds is 7. The summed E-state index contributed by atoms with van der Waals surface area (Å²) in [7, 11) is 3.71. The Morgan fingerprint density at radius 3 is 1.27 bits per heavy atom. The summed E-state index contributed by atoms with van der Waals surface area (Å²) in [5, 5.41) is 7.58. The Morgan fingerprint density at radius 2 is 0.906 bits per heavy atom. The molecule has 0 fully saturated rings. The van der Waals surface area contributed by atoms with Gasteiger partial charge < -0.3 is 28.5 Å². The topological polar surface area (TPSA) is 57.5 Å². The predicted molar refractivity (Wildman–Crippen MR) is 232 cm³/mol. The molecule has 319 valence electrons. The molecule has 0 aliphatic heterocycles. The molecule has 12 heteroatoms. The maximum absolute atomic E-state index is 14.5. The minimum absolute atomic E-state index is 0.